The molecule has 2 aromatic heterocycles. The summed E-state index contributed by atoms with van der Waals surface area (Å²) in [6.07, 6.45) is 1.76. The van der Waals surface area contributed by atoms with Crippen LogP contribution in [0.15, 0.2) is 36.5 Å². The van der Waals surface area contributed by atoms with Crippen LogP contribution in [0.5, 0.6) is 0 Å². The van der Waals surface area contributed by atoms with Crippen molar-refractivity contribution in [3.05, 3.63) is 58.9 Å². The average molecular weight is 322 g/mol. The van der Waals surface area contributed by atoms with Crippen molar-refractivity contribution in [2.45, 2.75) is 20.4 Å². The molecule has 0 aliphatic rings. The lowest BCUT2D eigenvalue weighted by Crippen LogP contribution is -2.24. The van der Waals surface area contributed by atoms with Crippen LogP contribution in [0.25, 0.3) is 10.9 Å². The van der Waals surface area contributed by atoms with Gasteiger partial charge in [0.25, 0.3) is 5.91 Å². The highest BCUT2D eigenvalue weighted by Crippen LogP contribution is 2.22. The van der Waals surface area contributed by atoms with Gasteiger partial charge in [-0.25, -0.2) is 4.98 Å². The third-order valence-electron chi connectivity index (χ3n) is 4.30. The highest BCUT2D eigenvalue weighted by atomic mass is 16.1. The molecule has 0 aliphatic heterocycles. The number of nitrogens with one attached hydrogen (secondary N) is 2. The van der Waals surface area contributed by atoms with E-state index in [0.717, 1.165) is 28.0 Å². The summed E-state index contributed by atoms with van der Waals surface area (Å²) < 4.78 is 0. The molecule has 0 saturated carbocycles. The van der Waals surface area contributed by atoms with Crippen molar-refractivity contribution in [3.63, 3.8) is 0 Å². The number of rotatable bonds is 4. The van der Waals surface area contributed by atoms with Gasteiger partial charge < -0.3 is 15.2 Å². The molecule has 0 radical (unpaired) electrons. The molecule has 0 spiro atoms. The molecule has 0 saturated heterocycles. The number of carbonyl (C=O) groups excluding carboxylic acids is 1. The Kier molecular flexibility index (Phi) is 4.25. The van der Waals surface area contributed by atoms with Crippen LogP contribution in [-0.4, -0.2) is 30.0 Å². The fraction of sp³-hybridized carbons (Fsp3) is 0.263. The lowest BCUT2D eigenvalue weighted by molar-refractivity contribution is 0.0951. The van der Waals surface area contributed by atoms with Crippen LogP contribution in [0, 0.1) is 13.8 Å². The fourth-order valence-electron chi connectivity index (χ4n) is 2.85. The maximum absolute atomic E-state index is 12.5. The minimum Gasteiger partial charge on any atom is -0.362 e. The van der Waals surface area contributed by atoms with Gasteiger partial charge in [-0.15, -0.1) is 0 Å². The Bertz CT molecular complexity index is 896. The van der Waals surface area contributed by atoms with Crippen LogP contribution in [0.2, 0.25) is 0 Å². The normalized spacial score (nSPS) is 10.8. The first-order valence-electron chi connectivity index (χ1n) is 7.95. The molecule has 5 nitrogen and oxygen atoms in total. The molecule has 2 heterocycles. The Morgan fingerprint density at radius 3 is 2.79 bits per heavy atom. The molecule has 0 bridgehead atoms. The summed E-state index contributed by atoms with van der Waals surface area (Å²) in [5.41, 5.74) is 5.03. The number of pyridine rings is 1. The maximum atomic E-state index is 12.5. The molecule has 0 aliphatic carbocycles. The summed E-state index contributed by atoms with van der Waals surface area (Å²) in [4.78, 5) is 22.1. The summed E-state index contributed by atoms with van der Waals surface area (Å²) in [5, 5.41) is 4.08. The second kappa shape index (κ2) is 6.35. The Hall–Kier alpha value is -2.82. The van der Waals surface area contributed by atoms with Crippen LogP contribution >= 0.6 is 0 Å². The topological polar surface area (TPSA) is 61.0 Å². The van der Waals surface area contributed by atoms with Crippen molar-refractivity contribution >= 4 is 22.6 Å². The molecule has 0 unspecified atom stereocenters. The van der Waals surface area contributed by atoms with E-state index in [0.29, 0.717) is 12.1 Å². The van der Waals surface area contributed by atoms with Gasteiger partial charge in [0.05, 0.1) is 0 Å². The maximum Gasteiger partial charge on any atom is 0.251 e. The molecule has 1 amide bonds. The minimum absolute atomic E-state index is 0.0799. The van der Waals surface area contributed by atoms with Gasteiger partial charge in [-0.05, 0) is 43.7 Å². The number of anilines is 1. The molecule has 0 atom stereocenters. The van der Waals surface area contributed by atoms with Crippen molar-refractivity contribution in [3.8, 4) is 0 Å². The molecular weight excluding hydrogens is 300 g/mol. The van der Waals surface area contributed by atoms with Gasteiger partial charge in [0.1, 0.15) is 5.82 Å². The van der Waals surface area contributed by atoms with E-state index in [9.17, 15) is 4.79 Å². The second-order valence-corrected chi connectivity index (χ2v) is 6.20. The molecule has 0 fully saturated rings. The summed E-state index contributed by atoms with van der Waals surface area (Å²) in [6.45, 7) is 4.55. The molecule has 2 N–H and O–H groups in total. The summed E-state index contributed by atoms with van der Waals surface area (Å²) in [5.74, 6) is 0.786. The number of hydrogen-bond acceptors (Lipinski definition) is 3. The van der Waals surface area contributed by atoms with E-state index in [1.165, 1.54) is 5.56 Å². The fourth-order valence-corrected chi connectivity index (χ4v) is 2.85. The van der Waals surface area contributed by atoms with E-state index in [-0.39, 0.29) is 5.91 Å². The Morgan fingerprint density at radius 2 is 2.04 bits per heavy atom. The molecular formula is C19H22N4O. The standard InChI is InChI=1S/C19H22N4O/c1-12-13(2)22-17-8-7-14(10-16(12)17)19(24)21-11-15-6-5-9-20-18(15)23(3)4/h5-10,22H,11H2,1-4H3,(H,21,24). The van der Waals surface area contributed by atoms with Crippen molar-refractivity contribution in [1.29, 1.82) is 0 Å². The number of fused-ring (bicyclic) bond motifs is 1. The summed E-state index contributed by atoms with van der Waals surface area (Å²) >= 11 is 0. The van der Waals surface area contributed by atoms with Crippen molar-refractivity contribution < 1.29 is 4.79 Å². The number of H-pyrrole nitrogens is 1. The molecule has 5 heteroatoms. The van der Waals surface area contributed by atoms with E-state index >= 15 is 0 Å². The van der Waals surface area contributed by atoms with Crippen LogP contribution in [-0.2, 0) is 6.54 Å². The average Bonchev–Trinajstić information content (AvgIpc) is 2.87. The largest absolute Gasteiger partial charge is 0.362 e. The quantitative estimate of drug-likeness (QED) is 0.775. The summed E-state index contributed by atoms with van der Waals surface area (Å²) in [6, 6.07) is 9.61. The SMILES string of the molecule is Cc1[nH]c2ccc(C(=O)NCc3cccnc3N(C)C)cc2c1C. The predicted molar refractivity (Wildman–Crippen MR) is 97.5 cm³/mol. The minimum atomic E-state index is -0.0799. The molecule has 3 aromatic rings. The Balaban J connectivity index is 1.79. The highest BCUT2D eigenvalue weighted by Gasteiger charge is 2.11. The monoisotopic (exact) mass is 322 g/mol. The zero-order valence-electron chi connectivity index (χ0n) is 14.5. The van der Waals surface area contributed by atoms with Gasteiger partial charge in [-0.2, -0.15) is 0 Å². The van der Waals surface area contributed by atoms with E-state index in [4.69, 9.17) is 0 Å². The molecule has 3 rings (SSSR count). The van der Waals surface area contributed by atoms with Crippen LogP contribution in [0.4, 0.5) is 5.82 Å². The van der Waals surface area contributed by atoms with Crippen LogP contribution in [0.1, 0.15) is 27.2 Å². The third-order valence-corrected chi connectivity index (χ3v) is 4.30. The summed E-state index contributed by atoms with van der Waals surface area (Å²) in [7, 11) is 3.89. The lowest BCUT2D eigenvalue weighted by atomic mass is 10.1. The van der Waals surface area contributed by atoms with Gasteiger partial charge in [0, 0.05) is 54.6 Å². The number of hydrogen-bond donors (Lipinski definition) is 2. The van der Waals surface area contributed by atoms with Gasteiger partial charge in [-0.3, -0.25) is 4.79 Å². The Morgan fingerprint density at radius 1 is 1.25 bits per heavy atom. The van der Waals surface area contributed by atoms with E-state index in [1.54, 1.807) is 6.20 Å². The first-order chi connectivity index (χ1) is 11.5. The number of aromatic nitrogens is 2. The van der Waals surface area contributed by atoms with Gasteiger partial charge in [0.15, 0.2) is 0 Å². The molecule has 1 aromatic carbocycles. The predicted octanol–water partition coefficient (Wildman–Crippen LogP) is 3.18. The third kappa shape index (κ3) is 2.97. The van der Waals surface area contributed by atoms with Gasteiger partial charge >= 0.3 is 0 Å². The number of benzene rings is 1. The lowest BCUT2D eigenvalue weighted by Gasteiger charge is -2.16. The van der Waals surface area contributed by atoms with E-state index in [2.05, 4.69) is 22.2 Å². The number of aromatic amines is 1. The van der Waals surface area contributed by atoms with Gasteiger partial charge in [0.2, 0.25) is 0 Å². The Labute approximate surface area is 141 Å². The van der Waals surface area contributed by atoms with Crippen molar-refractivity contribution in [2.75, 3.05) is 19.0 Å². The van der Waals surface area contributed by atoms with Gasteiger partial charge in [-0.1, -0.05) is 6.07 Å². The number of amides is 1. The van der Waals surface area contributed by atoms with Crippen LogP contribution in [0.3, 0.4) is 0 Å². The molecule has 24 heavy (non-hydrogen) atoms. The zero-order chi connectivity index (χ0) is 17.3. The highest BCUT2D eigenvalue weighted by molar-refractivity contribution is 5.99. The zero-order valence-corrected chi connectivity index (χ0v) is 14.5. The number of carbonyl (C=O) groups is 1. The first kappa shape index (κ1) is 16.1. The van der Waals surface area contributed by atoms with Crippen LogP contribution < -0.4 is 10.2 Å². The smallest absolute Gasteiger partial charge is 0.251 e. The second-order valence-electron chi connectivity index (χ2n) is 6.20. The van der Waals surface area contributed by atoms with E-state index < -0.39 is 0 Å². The number of nitrogens with zero attached hydrogens (tertiary/aromatic N) is 2. The van der Waals surface area contributed by atoms with Crippen molar-refractivity contribution in [1.82, 2.24) is 15.3 Å². The van der Waals surface area contributed by atoms with E-state index in [1.807, 2.05) is 56.3 Å². The number of aryl methyl sites for hydroxylation is 2. The molecule has 124 valence electrons. The first-order valence-corrected chi connectivity index (χ1v) is 7.95. The van der Waals surface area contributed by atoms with Crippen molar-refractivity contribution in [2.24, 2.45) is 0 Å².